The van der Waals surface area contributed by atoms with Crippen molar-refractivity contribution in [2.24, 2.45) is 5.73 Å². The average molecular weight is 238 g/mol. The molecule has 0 aromatic heterocycles. The third-order valence-electron chi connectivity index (χ3n) is 2.98. The molecule has 1 aliphatic rings. The molecule has 0 bridgehead atoms. The van der Waals surface area contributed by atoms with Gasteiger partial charge in [0.2, 0.25) is 0 Å². The van der Waals surface area contributed by atoms with E-state index in [1.807, 2.05) is 12.1 Å². The first-order chi connectivity index (χ1) is 8.22. The van der Waals surface area contributed by atoms with E-state index in [4.69, 9.17) is 15.6 Å². The lowest BCUT2D eigenvalue weighted by atomic mass is 10.1. The van der Waals surface area contributed by atoms with E-state index in [1.54, 1.807) is 6.07 Å². The van der Waals surface area contributed by atoms with Gasteiger partial charge in [0.05, 0.1) is 25.9 Å². The van der Waals surface area contributed by atoms with Gasteiger partial charge in [0, 0.05) is 24.3 Å². The molecule has 0 saturated carbocycles. The molecule has 5 nitrogen and oxygen atoms in total. The zero-order valence-corrected chi connectivity index (χ0v) is 9.67. The number of aliphatic hydroxyl groups is 1. The number of nitrogens with two attached hydrogens (primary N) is 1. The highest BCUT2D eigenvalue weighted by Gasteiger charge is 2.15. The molecule has 4 N–H and O–H groups in total. The Hall–Kier alpha value is -1.30. The van der Waals surface area contributed by atoms with Crippen LogP contribution in [-0.2, 0) is 4.74 Å². The van der Waals surface area contributed by atoms with Crippen LogP contribution < -0.4 is 10.6 Å². The third-order valence-corrected chi connectivity index (χ3v) is 2.98. The first kappa shape index (κ1) is 12.2. The highest BCUT2D eigenvalue weighted by Crippen LogP contribution is 2.28. The van der Waals surface area contributed by atoms with Gasteiger partial charge in [-0.15, -0.1) is 0 Å². The van der Waals surface area contributed by atoms with E-state index in [2.05, 4.69) is 4.90 Å². The molecule has 1 aliphatic heterocycles. The molecule has 1 aromatic carbocycles. The Morgan fingerprint density at radius 3 is 2.71 bits per heavy atom. The summed E-state index contributed by atoms with van der Waals surface area (Å²) in [6.07, 6.45) is 0. The van der Waals surface area contributed by atoms with Crippen LogP contribution in [0, 0.1) is 0 Å². The molecule has 0 aliphatic carbocycles. The predicted octanol–water partition coefficient (Wildman–Crippen LogP) is 0.221. The van der Waals surface area contributed by atoms with Gasteiger partial charge in [0.1, 0.15) is 5.75 Å². The standard InChI is InChI=1S/C12H18N2O3/c13-11(8-15)10-7-9(1-2-12(10)16)14-3-5-17-6-4-14/h1-2,7,11,15-16H,3-6,8,13H2. The second kappa shape index (κ2) is 5.35. The Kier molecular flexibility index (Phi) is 3.83. The summed E-state index contributed by atoms with van der Waals surface area (Å²) in [6, 6.07) is 4.77. The largest absolute Gasteiger partial charge is 0.508 e. The van der Waals surface area contributed by atoms with E-state index in [0.717, 1.165) is 18.8 Å². The Labute approximate surface area is 100 Å². The van der Waals surface area contributed by atoms with Crippen molar-refractivity contribution in [3.63, 3.8) is 0 Å². The quantitative estimate of drug-likeness (QED) is 0.702. The first-order valence-corrected chi connectivity index (χ1v) is 5.74. The summed E-state index contributed by atoms with van der Waals surface area (Å²) < 4.78 is 5.29. The molecule has 1 aromatic rings. The number of aromatic hydroxyl groups is 1. The number of benzene rings is 1. The summed E-state index contributed by atoms with van der Waals surface area (Å²) in [5, 5.41) is 18.7. The number of rotatable bonds is 3. The first-order valence-electron chi connectivity index (χ1n) is 5.74. The molecule has 0 amide bonds. The molecule has 1 atom stereocenters. The van der Waals surface area contributed by atoms with Gasteiger partial charge < -0.3 is 25.6 Å². The number of hydrogen-bond acceptors (Lipinski definition) is 5. The van der Waals surface area contributed by atoms with E-state index in [9.17, 15) is 5.11 Å². The van der Waals surface area contributed by atoms with E-state index < -0.39 is 6.04 Å². The van der Waals surface area contributed by atoms with Crippen molar-refractivity contribution in [2.45, 2.75) is 6.04 Å². The number of aliphatic hydroxyl groups excluding tert-OH is 1. The number of ether oxygens (including phenoxy) is 1. The minimum absolute atomic E-state index is 0.128. The topological polar surface area (TPSA) is 79.0 Å². The van der Waals surface area contributed by atoms with Crippen molar-refractivity contribution in [3.05, 3.63) is 23.8 Å². The Morgan fingerprint density at radius 2 is 2.06 bits per heavy atom. The molecule has 0 spiro atoms. The number of phenols is 1. The van der Waals surface area contributed by atoms with Crippen molar-refractivity contribution in [3.8, 4) is 5.75 Å². The third kappa shape index (κ3) is 2.69. The second-order valence-electron chi connectivity index (χ2n) is 4.13. The zero-order chi connectivity index (χ0) is 12.3. The second-order valence-corrected chi connectivity index (χ2v) is 4.13. The lowest BCUT2D eigenvalue weighted by molar-refractivity contribution is 0.122. The van der Waals surface area contributed by atoms with Crippen LogP contribution in [-0.4, -0.2) is 43.1 Å². The van der Waals surface area contributed by atoms with Crippen LogP contribution in [0.2, 0.25) is 0 Å². The van der Waals surface area contributed by atoms with Gasteiger partial charge in [-0.2, -0.15) is 0 Å². The monoisotopic (exact) mass is 238 g/mol. The van der Waals surface area contributed by atoms with E-state index >= 15 is 0 Å². The molecule has 17 heavy (non-hydrogen) atoms. The van der Waals surface area contributed by atoms with Crippen molar-refractivity contribution in [1.29, 1.82) is 0 Å². The average Bonchev–Trinajstić information content (AvgIpc) is 2.39. The number of phenolic OH excluding ortho intramolecular Hbond substituents is 1. The molecule has 1 saturated heterocycles. The van der Waals surface area contributed by atoms with Gasteiger partial charge in [0.15, 0.2) is 0 Å². The zero-order valence-electron chi connectivity index (χ0n) is 9.67. The molecular weight excluding hydrogens is 220 g/mol. The molecule has 5 heteroatoms. The molecular formula is C12H18N2O3. The van der Waals surface area contributed by atoms with Gasteiger partial charge in [0.25, 0.3) is 0 Å². The summed E-state index contributed by atoms with van der Waals surface area (Å²) in [6.45, 7) is 2.90. The van der Waals surface area contributed by atoms with Crippen molar-refractivity contribution in [1.82, 2.24) is 0 Å². The Morgan fingerprint density at radius 1 is 1.35 bits per heavy atom. The minimum Gasteiger partial charge on any atom is -0.508 e. The normalized spacial score (nSPS) is 18.1. The molecule has 1 heterocycles. The fourth-order valence-electron chi connectivity index (χ4n) is 1.96. The molecule has 1 fully saturated rings. The maximum Gasteiger partial charge on any atom is 0.120 e. The van der Waals surface area contributed by atoms with Crippen LogP contribution in [0.15, 0.2) is 18.2 Å². The van der Waals surface area contributed by atoms with Gasteiger partial charge in [-0.3, -0.25) is 0 Å². The predicted molar refractivity (Wildman–Crippen MR) is 65.2 cm³/mol. The van der Waals surface area contributed by atoms with Crippen LogP contribution in [0.5, 0.6) is 5.75 Å². The smallest absolute Gasteiger partial charge is 0.120 e. The minimum atomic E-state index is -0.545. The van der Waals surface area contributed by atoms with Gasteiger partial charge >= 0.3 is 0 Å². The molecule has 2 rings (SSSR count). The highest BCUT2D eigenvalue weighted by molar-refractivity contribution is 5.54. The van der Waals surface area contributed by atoms with Crippen LogP contribution in [0.1, 0.15) is 11.6 Å². The summed E-state index contributed by atoms with van der Waals surface area (Å²) in [7, 11) is 0. The molecule has 1 unspecified atom stereocenters. The van der Waals surface area contributed by atoms with Gasteiger partial charge in [-0.1, -0.05) is 0 Å². The SMILES string of the molecule is NC(CO)c1cc(N2CCOCC2)ccc1O. The van der Waals surface area contributed by atoms with Gasteiger partial charge in [-0.05, 0) is 18.2 Å². The maximum atomic E-state index is 9.70. The van der Waals surface area contributed by atoms with E-state index in [1.165, 1.54) is 0 Å². The lowest BCUT2D eigenvalue weighted by Gasteiger charge is -2.29. The Bertz CT molecular complexity index is 378. The summed E-state index contributed by atoms with van der Waals surface area (Å²) >= 11 is 0. The summed E-state index contributed by atoms with van der Waals surface area (Å²) in [4.78, 5) is 2.18. The van der Waals surface area contributed by atoms with E-state index in [-0.39, 0.29) is 12.4 Å². The van der Waals surface area contributed by atoms with Crippen molar-refractivity contribution < 1.29 is 14.9 Å². The fraction of sp³-hybridized carbons (Fsp3) is 0.500. The van der Waals surface area contributed by atoms with E-state index in [0.29, 0.717) is 18.8 Å². The van der Waals surface area contributed by atoms with Crippen molar-refractivity contribution in [2.75, 3.05) is 37.8 Å². The fourth-order valence-corrected chi connectivity index (χ4v) is 1.96. The number of hydrogen-bond donors (Lipinski definition) is 3. The Balaban J connectivity index is 2.23. The van der Waals surface area contributed by atoms with Crippen LogP contribution >= 0.6 is 0 Å². The molecule has 94 valence electrons. The van der Waals surface area contributed by atoms with Crippen LogP contribution in [0.25, 0.3) is 0 Å². The maximum absolute atomic E-state index is 9.70. The summed E-state index contributed by atoms with van der Waals surface area (Å²) in [5.41, 5.74) is 7.33. The molecule has 0 radical (unpaired) electrons. The summed E-state index contributed by atoms with van der Waals surface area (Å²) in [5.74, 6) is 0.128. The lowest BCUT2D eigenvalue weighted by Crippen LogP contribution is -2.36. The number of nitrogens with zero attached hydrogens (tertiary/aromatic N) is 1. The number of anilines is 1. The highest BCUT2D eigenvalue weighted by atomic mass is 16.5. The number of morpholine rings is 1. The van der Waals surface area contributed by atoms with Crippen LogP contribution in [0.3, 0.4) is 0 Å². The van der Waals surface area contributed by atoms with Crippen molar-refractivity contribution >= 4 is 5.69 Å². The van der Waals surface area contributed by atoms with Crippen LogP contribution in [0.4, 0.5) is 5.69 Å². The van der Waals surface area contributed by atoms with Gasteiger partial charge in [-0.25, -0.2) is 0 Å².